The molecule has 2 heterocycles. The molecule has 1 saturated carbocycles. The molecule has 0 bridgehead atoms. The monoisotopic (exact) mass is 495 g/mol. The summed E-state index contributed by atoms with van der Waals surface area (Å²) in [6.45, 7) is 3.92. The Labute approximate surface area is 214 Å². The molecule has 2 N–H and O–H groups in total. The summed E-state index contributed by atoms with van der Waals surface area (Å²) < 4.78 is 1.80. The number of carbonyl (C=O) groups excluding carboxylic acids is 1. The van der Waals surface area contributed by atoms with E-state index in [1.54, 1.807) is 29.1 Å². The van der Waals surface area contributed by atoms with Gasteiger partial charge in [0, 0.05) is 24.1 Å². The van der Waals surface area contributed by atoms with E-state index in [2.05, 4.69) is 10.3 Å². The van der Waals surface area contributed by atoms with Crippen molar-refractivity contribution in [1.82, 2.24) is 14.9 Å². The molecule has 2 aromatic heterocycles. The Bertz CT molecular complexity index is 1550. The highest BCUT2D eigenvalue weighted by molar-refractivity contribution is 5.97. The molecule has 7 nitrogen and oxygen atoms in total. The molecule has 37 heavy (non-hydrogen) atoms. The maximum Gasteiger partial charge on any atom is 0.303 e. The molecule has 0 atom stereocenters. The highest BCUT2D eigenvalue weighted by Gasteiger charge is 2.26. The molecule has 1 aliphatic rings. The van der Waals surface area contributed by atoms with Gasteiger partial charge in [0.25, 0.3) is 5.91 Å². The minimum atomic E-state index is -0.795. The van der Waals surface area contributed by atoms with Crippen LogP contribution in [0.15, 0.2) is 77.9 Å². The lowest BCUT2D eigenvalue weighted by atomic mass is 9.82. The Morgan fingerprint density at radius 1 is 1.05 bits per heavy atom. The number of carboxylic acids is 1. The van der Waals surface area contributed by atoms with Crippen LogP contribution >= 0.6 is 0 Å². The molecular formula is C30H29N3O4. The number of aromatic nitrogens is 2. The van der Waals surface area contributed by atoms with Gasteiger partial charge >= 0.3 is 5.97 Å². The first-order valence-corrected chi connectivity index (χ1v) is 12.4. The number of pyridine rings is 2. The van der Waals surface area contributed by atoms with Gasteiger partial charge in [-0.15, -0.1) is 0 Å². The molecular weight excluding hydrogens is 466 g/mol. The van der Waals surface area contributed by atoms with Crippen molar-refractivity contribution in [2.24, 2.45) is 5.41 Å². The number of benzene rings is 2. The Hall–Kier alpha value is -4.26. The van der Waals surface area contributed by atoms with E-state index in [0.29, 0.717) is 17.5 Å². The third kappa shape index (κ3) is 5.45. The molecule has 7 heteroatoms. The first kappa shape index (κ1) is 24.4. The van der Waals surface area contributed by atoms with E-state index >= 15 is 0 Å². The zero-order valence-electron chi connectivity index (χ0n) is 20.9. The van der Waals surface area contributed by atoms with Crippen molar-refractivity contribution < 1.29 is 14.7 Å². The highest BCUT2D eigenvalue weighted by Crippen LogP contribution is 2.29. The summed E-state index contributed by atoms with van der Waals surface area (Å²) >= 11 is 0. The van der Waals surface area contributed by atoms with Crippen LogP contribution in [0.2, 0.25) is 0 Å². The third-order valence-corrected chi connectivity index (χ3v) is 6.64. The van der Waals surface area contributed by atoms with Crippen molar-refractivity contribution in [3.8, 4) is 16.8 Å². The topological polar surface area (TPSA) is 101 Å². The van der Waals surface area contributed by atoms with Crippen molar-refractivity contribution in [2.45, 2.75) is 45.6 Å². The first-order chi connectivity index (χ1) is 17.7. The number of nitrogens with one attached hydrogen (secondary N) is 1. The fourth-order valence-electron chi connectivity index (χ4n) is 4.68. The summed E-state index contributed by atoms with van der Waals surface area (Å²) in [5.74, 6) is -1.15. The van der Waals surface area contributed by atoms with E-state index in [9.17, 15) is 14.4 Å². The maximum atomic E-state index is 13.1. The van der Waals surface area contributed by atoms with Crippen LogP contribution in [0.1, 0.15) is 49.0 Å². The van der Waals surface area contributed by atoms with Crippen LogP contribution in [-0.4, -0.2) is 32.6 Å². The van der Waals surface area contributed by atoms with Crippen molar-refractivity contribution in [3.63, 3.8) is 0 Å². The minimum Gasteiger partial charge on any atom is -0.481 e. The van der Waals surface area contributed by atoms with Crippen molar-refractivity contribution in [2.75, 3.05) is 0 Å². The summed E-state index contributed by atoms with van der Waals surface area (Å²) in [6.07, 6.45) is 5.87. The van der Waals surface area contributed by atoms with E-state index in [-0.39, 0.29) is 34.8 Å². The van der Waals surface area contributed by atoms with E-state index in [1.165, 1.54) is 0 Å². The van der Waals surface area contributed by atoms with Crippen LogP contribution in [0.5, 0.6) is 0 Å². The van der Waals surface area contributed by atoms with Crippen LogP contribution in [0.3, 0.4) is 0 Å². The predicted molar refractivity (Wildman–Crippen MR) is 143 cm³/mol. The van der Waals surface area contributed by atoms with Crippen LogP contribution in [0.25, 0.3) is 27.8 Å². The highest BCUT2D eigenvalue weighted by atomic mass is 16.4. The van der Waals surface area contributed by atoms with E-state index < -0.39 is 5.97 Å². The second-order valence-electron chi connectivity index (χ2n) is 10.5. The lowest BCUT2D eigenvalue weighted by molar-refractivity contribution is -0.139. The average Bonchev–Trinajstić information content (AvgIpc) is 3.68. The fourth-order valence-corrected chi connectivity index (χ4v) is 4.68. The lowest BCUT2D eigenvalue weighted by Crippen LogP contribution is -2.31. The van der Waals surface area contributed by atoms with Gasteiger partial charge in [0.2, 0.25) is 5.43 Å². The van der Waals surface area contributed by atoms with Crippen molar-refractivity contribution in [1.29, 1.82) is 0 Å². The SMILES string of the molecule is CC(C)(CC(=O)O)Cc1ccc(-c2cccc(-n3cc(C(=O)NC4CC4)c(=O)c4cccnc43)c2)cc1. The van der Waals surface area contributed by atoms with Gasteiger partial charge in [-0.1, -0.05) is 50.2 Å². The minimum absolute atomic E-state index is 0.103. The number of carboxylic acid groups (broad SMARTS) is 1. The Balaban J connectivity index is 1.50. The molecule has 0 aliphatic heterocycles. The fraction of sp³-hybridized carbons (Fsp3) is 0.267. The second-order valence-corrected chi connectivity index (χ2v) is 10.5. The van der Waals surface area contributed by atoms with Crippen LogP contribution in [-0.2, 0) is 11.2 Å². The third-order valence-electron chi connectivity index (χ3n) is 6.64. The zero-order chi connectivity index (χ0) is 26.2. The van der Waals surface area contributed by atoms with Gasteiger partial charge in [0.05, 0.1) is 11.8 Å². The number of amides is 1. The molecule has 5 rings (SSSR count). The molecule has 188 valence electrons. The normalized spacial score (nSPS) is 13.5. The molecule has 0 unspecified atom stereocenters. The zero-order valence-corrected chi connectivity index (χ0v) is 20.9. The summed E-state index contributed by atoms with van der Waals surface area (Å²) in [4.78, 5) is 41.5. The molecule has 1 fully saturated rings. The van der Waals surface area contributed by atoms with Crippen LogP contribution in [0, 0.1) is 5.41 Å². The molecule has 4 aromatic rings. The van der Waals surface area contributed by atoms with Crippen molar-refractivity contribution in [3.05, 3.63) is 94.4 Å². The Kier molecular flexibility index (Phi) is 6.38. The van der Waals surface area contributed by atoms with E-state index in [4.69, 9.17) is 5.11 Å². The molecule has 1 aliphatic carbocycles. The standard InChI is InChI=1S/C30H29N3O4/c1-30(2,17-26(34)35)16-19-8-10-20(11-9-19)21-5-3-6-23(15-21)33-18-25(29(37)32-22-12-13-22)27(36)24-7-4-14-31-28(24)33/h3-11,14-15,18,22H,12-13,16-17H2,1-2H3,(H,32,37)(H,34,35). The largest absolute Gasteiger partial charge is 0.481 e. The smallest absolute Gasteiger partial charge is 0.303 e. The summed E-state index contributed by atoms with van der Waals surface area (Å²) in [5.41, 5.74) is 3.77. The predicted octanol–water partition coefficient (Wildman–Crippen LogP) is 4.99. The number of nitrogens with zero attached hydrogens (tertiary/aromatic N) is 2. The first-order valence-electron chi connectivity index (χ1n) is 12.4. The Morgan fingerprint density at radius 2 is 1.81 bits per heavy atom. The average molecular weight is 496 g/mol. The number of hydrogen-bond acceptors (Lipinski definition) is 4. The lowest BCUT2D eigenvalue weighted by Gasteiger charge is -2.22. The van der Waals surface area contributed by atoms with Gasteiger partial charge in [0.1, 0.15) is 11.2 Å². The summed E-state index contributed by atoms with van der Waals surface area (Å²) in [6, 6.07) is 19.5. The number of hydrogen-bond donors (Lipinski definition) is 2. The second kappa shape index (κ2) is 9.65. The molecule has 0 saturated heterocycles. The van der Waals surface area contributed by atoms with E-state index in [1.807, 2.05) is 62.4 Å². The molecule has 0 spiro atoms. The number of fused-ring (bicyclic) bond motifs is 1. The Morgan fingerprint density at radius 3 is 2.51 bits per heavy atom. The summed E-state index contributed by atoms with van der Waals surface area (Å²) in [7, 11) is 0. The number of aliphatic carboxylic acids is 1. The van der Waals surface area contributed by atoms with Gasteiger partial charge < -0.3 is 15.0 Å². The quantitative estimate of drug-likeness (QED) is 0.359. The number of rotatable bonds is 8. The van der Waals surface area contributed by atoms with Gasteiger partial charge in [-0.2, -0.15) is 0 Å². The molecule has 0 radical (unpaired) electrons. The van der Waals surface area contributed by atoms with Gasteiger partial charge in [-0.3, -0.25) is 14.4 Å². The van der Waals surface area contributed by atoms with Gasteiger partial charge in [-0.25, -0.2) is 4.98 Å². The maximum absolute atomic E-state index is 13.1. The van der Waals surface area contributed by atoms with Crippen LogP contribution < -0.4 is 10.7 Å². The van der Waals surface area contributed by atoms with Gasteiger partial charge in [-0.05, 0) is 65.6 Å². The molecule has 2 aromatic carbocycles. The van der Waals surface area contributed by atoms with Crippen molar-refractivity contribution >= 4 is 22.9 Å². The van der Waals surface area contributed by atoms with Crippen LogP contribution in [0.4, 0.5) is 0 Å². The van der Waals surface area contributed by atoms with E-state index in [0.717, 1.165) is 35.2 Å². The molecule has 1 amide bonds. The van der Waals surface area contributed by atoms with Gasteiger partial charge in [0.15, 0.2) is 0 Å². The number of carbonyl (C=O) groups is 2. The summed E-state index contributed by atoms with van der Waals surface area (Å²) in [5, 5.41) is 12.5.